The highest BCUT2D eigenvalue weighted by Crippen LogP contribution is 2.35. The molecule has 0 bridgehead atoms. The summed E-state index contributed by atoms with van der Waals surface area (Å²) in [6.07, 6.45) is 1.13. The lowest BCUT2D eigenvalue weighted by molar-refractivity contribution is 0.563. The number of hydrogen-bond donors (Lipinski definition) is 1. The Morgan fingerprint density at radius 3 is 2.76 bits per heavy atom. The maximum atomic E-state index is 6.07. The average Bonchev–Trinajstić information content (AvgIpc) is 2.46. The maximum Gasteiger partial charge on any atom is 0.0417 e. The summed E-state index contributed by atoms with van der Waals surface area (Å²) in [6.45, 7) is 5.41. The Balaban J connectivity index is 2.26. The van der Waals surface area contributed by atoms with Gasteiger partial charge in [0.15, 0.2) is 0 Å². The first-order valence-electron chi connectivity index (χ1n) is 7.06. The first kappa shape index (κ1) is 16.9. The van der Waals surface area contributed by atoms with Crippen LogP contribution in [0.25, 0.3) is 0 Å². The molecule has 0 aliphatic carbocycles. The summed E-state index contributed by atoms with van der Waals surface area (Å²) in [6, 6.07) is 14.7. The molecule has 1 unspecified atom stereocenters. The van der Waals surface area contributed by atoms with Gasteiger partial charge in [0, 0.05) is 25.3 Å². The summed E-state index contributed by atoms with van der Waals surface area (Å²) >= 11 is 11.4. The molecule has 1 nitrogen and oxygen atoms in total. The molecule has 0 amide bonds. The fraction of sp³-hybridized carbons (Fsp3) is 0.294. The zero-order valence-corrected chi connectivity index (χ0v) is 15.4. The standard InChI is InChI=1S/C17H19BrClNS/c1-3-9-20-12(2)16-10-13(18)7-8-17(16)21-15-6-4-5-14(19)11-15/h4-8,10-12,20H,3,9H2,1-2H3. The van der Waals surface area contributed by atoms with Gasteiger partial charge < -0.3 is 5.32 Å². The van der Waals surface area contributed by atoms with Gasteiger partial charge in [-0.2, -0.15) is 0 Å². The average molecular weight is 385 g/mol. The van der Waals surface area contributed by atoms with Crippen LogP contribution in [0.4, 0.5) is 0 Å². The molecule has 2 rings (SSSR count). The van der Waals surface area contributed by atoms with Crippen molar-refractivity contribution < 1.29 is 0 Å². The molecular weight excluding hydrogens is 366 g/mol. The van der Waals surface area contributed by atoms with Crippen LogP contribution in [0.2, 0.25) is 5.02 Å². The normalized spacial score (nSPS) is 12.4. The van der Waals surface area contributed by atoms with E-state index in [4.69, 9.17) is 11.6 Å². The van der Waals surface area contributed by atoms with E-state index in [9.17, 15) is 0 Å². The Kier molecular flexibility index (Phi) is 6.62. The molecule has 112 valence electrons. The van der Waals surface area contributed by atoms with Gasteiger partial charge >= 0.3 is 0 Å². The lowest BCUT2D eigenvalue weighted by Gasteiger charge is -2.18. The molecule has 1 atom stereocenters. The SMILES string of the molecule is CCCNC(C)c1cc(Br)ccc1Sc1cccc(Cl)c1. The first-order valence-corrected chi connectivity index (χ1v) is 9.05. The van der Waals surface area contributed by atoms with Crippen molar-refractivity contribution in [2.75, 3.05) is 6.54 Å². The van der Waals surface area contributed by atoms with E-state index in [1.807, 2.05) is 18.2 Å². The third kappa shape index (κ3) is 5.03. The smallest absolute Gasteiger partial charge is 0.0417 e. The third-order valence-corrected chi connectivity index (χ3v) is 4.97. The fourth-order valence-electron chi connectivity index (χ4n) is 2.08. The van der Waals surface area contributed by atoms with Gasteiger partial charge in [-0.05, 0) is 61.9 Å². The second-order valence-corrected chi connectivity index (χ2v) is 7.38. The number of benzene rings is 2. The molecule has 0 heterocycles. The van der Waals surface area contributed by atoms with Gasteiger partial charge in [0.1, 0.15) is 0 Å². The van der Waals surface area contributed by atoms with Crippen molar-refractivity contribution in [2.45, 2.75) is 36.1 Å². The summed E-state index contributed by atoms with van der Waals surface area (Å²) < 4.78 is 1.11. The van der Waals surface area contributed by atoms with Crippen LogP contribution in [0.5, 0.6) is 0 Å². The third-order valence-electron chi connectivity index (χ3n) is 3.16. The van der Waals surface area contributed by atoms with Crippen LogP contribution in [0, 0.1) is 0 Å². The van der Waals surface area contributed by atoms with Gasteiger partial charge in [-0.3, -0.25) is 0 Å². The molecule has 0 aromatic heterocycles. The summed E-state index contributed by atoms with van der Waals surface area (Å²) in [7, 11) is 0. The maximum absolute atomic E-state index is 6.07. The van der Waals surface area contributed by atoms with Gasteiger partial charge in [-0.15, -0.1) is 0 Å². The van der Waals surface area contributed by atoms with Crippen molar-refractivity contribution in [3.8, 4) is 0 Å². The Labute approximate surface area is 144 Å². The summed E-state index contributed by atoms with van der Waals surface area (Å²) in [5, 5.41) is 4.33. The minimum absolute atomic E-state index is 0.323. The highest BCUT2D eigenvalue weighted by Gasteiger charge is 2.12. The molecule has 0 aliphatic heterocycles. The molecule has 0 saturated carbocycles. The van der Waals surface area contributed by atoms with Crippen LogP contribution in [0.1, 0.15) is 31.9 Å². The molecular formula is C17H19BrClNS. The molecule has 0 saturated heterocycles. The molecule has 0 spiro atoms. The first-order chi connectivity index (χ1) is 10.1. The number of halogens is 2. The predicted molar refractivity (Wildman–Crippen MR) is 96.4 cm³/mol. The Morgan fingerprint density at radius 2 is 2.05 bits per heavy atom. The molecule has 0 aliphatic rings. The topological polar surface area (TPSA) is 12.0 Å². The van der Waals surface area contributed by atoms with Crippen molar-refractivity contribution in [2.24, 2.45) is 0 Å². The molecule has 0 fully saturated rings. The van der Waals surface area contributed by atoms with Gasteiger partial charge in [0.25, 0.3) is 0 Å². The zero-order valence-electron chi connectivity index (χ0n) is 12.2. The number of rotatable bonds is 6. The largest absolute Gasteiger partial charge is 0.310 e. The van der Waals surface area contributed by atoms with Crippen LogP contribution in [0.3, 0.4) is 0 Å². The molecule has 2 aromatic carbocycles. The van der Waals surface area contributed by atoms with Crippen molar-refractivity contribution in [1.82, 2.24) is 5.32 Å². The van der Waals surface area contributed by atoms with E-state index in [1.165, 1.54) is 10.5 Å². The summed E-state index contributed by atoms with van der Waals surface area (Å²) in [5.41, 5.74) is 1.31. The molecule has 1 N–H and O–H groups in total. The molecule has 2 aromatic rings. The molecule has 21 heavy (non-hydrogen) atoms. The second-order valence-electron chi connectivity index (χ2n) is 4.92. The van der Waals surface area contributed by atoms with E-state index < -0.39 is 0 Å². The van der Waals surface area contributed by atoms with E-state index in [-0.39, 0.29) is 0 Å². The van der Waals surface area contributed by atoms with Crippen molar-refractivity contribution in [3.63, 3.8) is 0 Å². The van der Waals surface area contributed by atoms with Gasteiger partial charge in [-0.1, -0.05) is 52.3 Å². The van der Waals surface area contributed by atoms with Crippen LogP contribution < -0.4 is 5.32 Å². The van der Waals surface area contributed by atoms with Crippen molar-refractivity contribution in [1.29, 1.82) is 0 Å². The van der Waals surface area contributed by atoms with Crippen LogP contribution in [-0.2, 0) is 0 Å². The molecule has 0 radical (unpaired) electrons. The fourth-order valence-corrected chi connectivity index (χ4v) is 3.79. The Morgan fingerprint density at radius 1 is 1.24 bits per heavy atom. The highest BCUT2D eigenvalue weighted by atomic mass is 79.9. The Bertz CT molecular complexity index is 603. The lowest BCUT2D eigenvalue weighted by atomic mass is 10.1. The molecule has 4 heteroatoms. The number of nitrogens with one attached hydrogen (secondary N) is 1. The van der Waals surface area contributed by atoms with E-state index >= 15 is 0 Å². The summed E-state index contributed by atoms with van der Waals surface area (Å²) in [4.78, 5) is 2.42. The van der Waals surface area contributed by atoms with Crippen molar-refractivity contribution in [3.05, 3.63) is 57.5 Å². The second kappa shape index (κ2) is 8.23. The predicted octanol–water partition coefficient (Wildman–Crippen LogP) is 6.31. The monoisotopic (exact) mass is 383 g/mol. The van der Waals surface area contributed by atoms with Crippen LogP contribution >= 0.6 is 39.3 Å². The minimum Gasteiger partial charge on any atom is -0.310 e. The van der Waals surface area contributed by atoms with Crippen molar-refractivity contribution >= 4 is 39.3 Å². The van der Waals surface area contributed by atoms with E-state index in [0.29, 0.717) is 6.04 Å². The van der Waals surface area contributed by atoms with Crippen LogP contribution in [0.15, 0.2) is 56.7 Å². The summed E-state index contributed by atoms with van der Waals surface area (Å²) in [5.74, 6) is 0. The quantitative estimate of drug-likeness (QED) is 0.626. The Hall–Kier alpha value is -0.480. The lowest BCUT2D eigenvalue weighted by Crippen LogP contribution is -2.19. The van der Waals surface area contributed by atoms with Gasteiger partial charge in [-0.25, -0.2) is 0 Å². The van der Waals surface area contributed by atoms with Gasteiger partial charge in [0.05, 0.1) is 0 Å². The van der Waals surface area contributed by atoms with E-state index in [2.05, 4.69) is 59.4 Å². The number of hydrogen-bond acceptors (Lipinski definition) is 2. The highest BCUT2D eigenvalue weighted by molar-refractivity contribution is 9.10. The van der Waals surface area contributed by atoms with Gasteiger partial charge in [0.2, 0.25) is 0 Å². The zero-order chi connectivity index (χ0) is 15.2. The van der Waals surface area contributed by atoms with Crippen LogP contribution in [-0.4, -0.2) is 6.54 Å². The van der Waals surface area contributed by atoms with E-state index in [0.717, 1.165) is 27.4 Å². The van der Waals surface area contributed by atoms with E-state index in [1.54, 1.807) is 11.8 Å². The minimum atomic E-state index is 0.323.